The first-order chi connectivity index (χ1) is 10.0. The zero-order valence-electron chi connectivity index (χ0n) is 12.0. The molecule has 2 heterocycles. The highest BCUT2D eigenvalue weighted by molar-refractivity contribution is 7.89. The summed E-state index contributed by atoms with van der Waals surface area (Å²) in [6.07, 6.45) is 2.35. The SMILES string of the molecule is CCNCc1cc(S(=O)(=O)NCc2ncc(CC)o2)cs1. The minimum atomic E-state index is -3.53. The highest BCUT2D eigenvalue weighted by Gasteiger charge is 2.17. The molecule has 21 heavy (non-hydrogen) atoms. The molecule has 0 aliphatic carbocycles. The summed E-state index contributed by atoms with van der Waals surface area (Å²) in [7, 11) is -3.53. The van der Waals surface area contributed by atoms with E-state index in [1.165, 1.54) is 11.3 Å². The van der Waals surface area contributed by atoms with Crippen molar-refractivity contribution >= 4 is 21.4 Å². The van der Waals surface area contributed by atoms with E-state index >= 15 is 0 Å². The van der Waals surface area contributed by atoms with Gasteiger partial charge in [-0.2, -0.15) is 0 Å². The molecule has 116 valence electrons. The highest BCUT2D eigenvalue weighted by Crippen LogP contribution is 2.19. The van der Waals surface area contributed by atoms with Crippen LogP contribution in [0.1, 0.15) is 30.4 Å². The molecular formula is C13H19N3O3S2. The molecule has 0 saturated carbocycles. The fraction of sp³-hybridized carbons (Fsp3) is 0.462. The minimum Gasteiger partial charge on any atom is -0.444 e. The summed E-state index contributed by atoms with van der Waals surface area (Å²) in [5.74, 6) is 1.12. The number of oxazole rings is 1. The third-order valence-electron chi connectivity index (χ3n) is 2.85. The van der Waals surface area contributed by atoms with Crippen molar-refractivity contribution in [1.29, 1.82) is 0 Å². The van der Waals surface area contributed by atoms with Gasteiger partial charge in [0.05, 0.1) is 17.6 Å². The molecule has 0 fully saturated rings. The lowest BCUT2D eigenvalue weighted by Gasteiger charge is -2.02. The second kappa shape index (κ2) is 7.17. The molecule has 0 spiro atoms. The van der Waals surface area contributed by atoms with Crippen LogP contribution in [0.5, 0.6) is 0 Å². The van der Waals surface area contributed by atoms with Crippen molar-refractivity contribution in [2.24, 2.45) is 0 Å². The molecule has 0 bridgehead atoms. The maximum Gasteiger partial charge on any atom is 0.241 e. The predicted octanol–water partition coefficient (Wildman–Crippen LogP) is 1.89. The van der Waals surface area contributed by atoms with Crippen LogP contribution in [0.2, 0.25) is 0 Å². The number of hydrogen-bond acceptors (Lipinski definition) is 6. The maximum absolute atomic E-state index is 12.2. The van der Waals surface area contributed by atoms with Gasteiger partial charge in [0.25, 0.3) is 0 Å². The first-order valence-electron chi connectivity index (χ1n) is 6.76. The molecule has 0 aromatic carbocycles. The van der Waals surface area contributed by atoms with Gasteiger partial charge < -0.3 is 9.73 Å². The Labute approximate surface area is 128 Å². The molecule has 0 unspecified atom stereocenters. The van der Waals surface area contributed by atoms with Gasteiger partial charge in [0.2, 0.25) is 15.9 Å². The van der Waals surface area contributed by atoms with Gasteiger partial charge in [0.1, 0.15) is 5.76 Å². The Kier molecular flexibility index (Phi) is 5.51. The van der Waals surface area contributed by atoms with Gasteiger partial charge in [-0.1, -0.05) is 13.8 Å². The quantitative estimate of drug-likeness (QED) is 0.772. The summed E-state index contributed by atoms with van der Waals surface area (Å²) >= 11 is 1.43. The summed E-state index contributed by atoms with van der Waals surface area (Å²) < 4.78 is 32.2. The Morgan fingerprint density at radius 1 is 1.33 bits per heavy atom. The molecule has 6 nitrogen and oxygen atoms in total. The van der Waals surface area contributed by atoms with Crippen LogP contribution in [0, 0.1) is 0 Å². The average molecular weight is 329 g/mol. The lowest BCUT2D eigenvalue weighted by Crippen LogP contribution is -2.23. The van der Waals surface area contributed by atoms with E-state index in [-0.39, 0.29) is 11.4 Å². The molecule has 0 aliphatic rings. The van der Waals surface area contributed by atoms with Crippen molar-refractivity contribution in [1.82, 2.24) is 15.0 Å². The molecule has 0 amide bonds. The van der Waals surface area contributed by atoms with Crippen molar-refractivity contribution in [3.63, 3.8) is 0 Å². The van der Waals surface area contributed by atoms with Crippen LogP contribution < -0.4 is 10.0 Å². The average Bonchev–Trinajstić information content (AvgIpc) is 3.12. The van der Waals surface area contributed by atoms with Crippen LogP contribution in [0.25, 0.3) is 0 Å². The van der Waals surface area contributed by atoms with Crippen molar-refractivity contribution in [3.05, 3.63) is 34.2 Å². The van der Waals surface area contributed by atoms with Crippen molar-refractivity contribution in [2.45, 2.75) is 38.3 Å². The molecule has 2 N–H and O–H groups in total. The monoisotopic (exact) mass is 329 g/mol. The van der Waals surface area contributed by atoms with E-state index in [0.29, 0.717) is 12.4 Å². The lowest BCUT2D eigenvalue weighted by molar-refractivity contribution is 0.452. The number of aromatic nitrogens is 1. The molecule has 2 aromatic rings. The van der Waals surface area contributed by atoms with Gasteiger partial charge in [-0.3, -0.25) is 0 Å². The van der Waals surface area contributed by atoms with Crippen LogP contribution in [0.4, 0.5) is 0 Å². The van der Waals surface area contributed by atoms with Crippen molar-refractivity contribution in [3.8, 4) is 0 Å². The third-order valence-corrected chi connectivity index (χ3v) is 5.32. The van der Waals surface area contributed by atoms with E-state index in [9.17, 15) is 8.42 Å². The molecule has 0 aliphatic heterocycles. The van der Waals surface area contributed by atoms with Crippen LogP contribution >= 0.6 is 11.3 Å². The Morgan fingerprint density at radius 2 is 2.14 bits per heavy atom. The summed E-state index contributed by atoms with van der Waals surface area (Å²) in [6.45, 7) is 5.54. The number of nitrogens with one attached hydrogen (secondary N) is 2. The molecular weight excluding hydrogens is 310 g/mol. The third kappa shape index (κ3) is 4.37. The summed E-state index contributed by atoms with van der Waals surface area (Å²) in [4.78, 5) is 5.30. The maximum atomic E-state index is 12.2. The number of rotatable bonds is 8. The smallest absolute Gasteiger partial charge is 0.241 e. The fourth-order valence-corrected chi connectivity index (χ4v) is 3.89. The Balaban J connectivity index is 1.99. The Morgan fingerprint density at radius 3 is 2.81 bits per heavy atom. The summed E-state index contributed by atoms with van der Waals surface area (Å²) in [5.41, 5.74) is 0. The van der Waals surface area contributed by atoms with E-state index in [1.807, 2.05) is 13.8 Å². The standard InChI is InChI=1S/C13H19N3O3S2/c1-3-10-6-15-13(19-10)8-16-21(17,18)12-5-11(20-9-12)7-14-4-2/h5-6,9,14,16H,3-4,7-8H2,1-2H3. The number of nitrogens with zero attached hydrogens (tertiary/aromatic N) is 1. The first kappa shape index (κ1) is 16.2. The minimum absolute atomic E-state index is 0.0563. The van der Waals surface area contributed by atoms with Gasteiger partial charge in [0.15, 0.2) is 0 Å². The van der Waals surface area contributed by atoms with Crippen LogP contribution in [0.3, 0.4) is 0 Å². The zero-order chi connectivity index (χ0) is 15.3. The van der Waals surface area contributed by atoms with E-state index in [4.69, 9.17) is 4.42 Å². The van der Waals surface area contributed by atoms with Crippen LogP contribution in [-0.2, 0) is 29.5 Å². The van der Waals surface area contributed by atoms with E-state index < -0.39 is 10.0 Å². The molecule has 2 rings (SSSR count). The van der Waals surface area contributed by atoms with E-state index in [0.717, 1.165) is 23.6 Å². The van der Waals surface area contributed by atoms with Gasteiger partial charge in [0, 0.05) is 23.2 Å². The number of hydrogen-bond donors (Lipinski definition) is 2. The largest absolute Gasteiger partial charge is 0.444 e. The van der Waals surface area contributed by atoms with Gasteiger partial charge >= 0.3 is 0 Å². The molecule has 2 aromatic heterocycles. The summed E-state index contributed by atoms with van der Waals surface area (Å²) in [5, 5.41) is 4.81. The number of sulfonamides is 1. The second-order valence-electron chi connectivity index (χ2n) is 4.43. The van der Waals surface area contributed by atoms with Crippen molar-refractivity contribution < 1.29 is 12.8 Å². The predicted molar refractivity (Wildman–Crippen MR) is 81.6 cm³/mol. The lowest BCUT2D eigenvalue weighted by atomic mass is 10.4. The van der Waals surface area contributed by atoms with Crippen LogP contribution in [-0.4, -0.2) is 19.9 Å². The molecule has 0 saturated heterocycles. The molecule has 8 heteroatoms. The van der Waals surface area contributed by atoms with Gasteiger partial charge in [-0.15, -0.1) is 11.3 Å². The van der Waals surface area contributed by atoms with Crippen LogP contribution in [0.15, 0.2) is 27.0 Å². The second-order valence-corrected chi connectivity index (χ2v) is 7.19. The first-order valence-corrected chi connectivity index (χ1v) is 9.12. The number of aryl methyl sites for hydroxylation is 1. The molecule has 0 radical (unpaired) electrons. The topological polar surface area (TPSA) is 84.2 Å². The normalized spacial score (nSPS) is 11.9. The Bertz CT molecular complexity index is 676. The highest BCUT2D eigenvalue weighted by atomic mass is 32.2. The van der Waals surface area contributed by atoms with Gasteiger partial charge in [-0.05, 0) is 12.6 Å². The summed E-state index contributed by atoms with van der Waals surface area (Å²) in [6, 6.07) is 1.68. The molecule has 0 atom stereocenters. The van der Waals surface area contributed by atoms with E-state index in [1.54, 1.807) is 17.6 Å². The Hall–Kier alpha value is -1.22. The fourth-order valence-electron chi connectivity index (χ4n) is 1.68. The number of thiophene rings is 1. The van der Waals surface area contributed by atoms with Crippen molar-refractivity contribution in [2.75, 3.05) is 6.54 Å². The van der Waals surface area contributed by atoms with Gasteiger partial charge in [-0.25, -0.2) is 18.1 Å². The van der Waals surface area contributed by atoms with E-state index in [2.05, 4.69) is 15.0 Å². The zero-order valence-corrected chi connectivity index (χ0v) is 13.7.